The Kier molecular flexibility index (Phi) is 7.04. The number of thioether (sulfide) groups is 1. The van der Waals surface area contributed by atoms with Crippen molar-refractivity contribution in [3.63, 3.8) is 0 Å². The summed E-state index contributed by atoms with van der Waals surface area (Å²) in [6, 6.07) is 9.63. The van der Waals surface area contributed by atoms with Crippen molar-refractivity contribution in [2.24, 2.45) is 0 Å². The maximum Gasteiger partial charge on any atom is 0.0443 e. The van der Waals surface area contributed by atoms with Crippen molar-refractivity contribution >= 4 is 11.8 Å². The van der Waals surface area contributed by atoms with Crippen LogP contribution in [0.4, 0.5) is 0 Å². The Bertz CT molecular complexity index is 402. The number of hydrogen-bond acceptors (Lipinski definition) is 4. The molecule has 1 saturated heterocycles. The molecule has 0 radical (unpaired) electrons. The van der Waals surface area contributed by atoms with Gasteiger partial charge in [-0.1, -0.05) is 12.1 Å². The van der Waals surface area contributed by atoms with Gasteiger partial charge < -0.3 is 10.0 Å². The second-order valence-electron chi connectivity index (χ2n) is 5.91. The second kappa shape index (κ2) is 8.79. The molecule has 0 atom stereocenters. The quantitative estimate of drug-likeness (QED) is 0.784. The lowest BCUT2D eigenvalue weighted by Crippen LogP contribution is -2.43. The van der Waals surface area contributed by atoms with Crippen molar-refractivity contribution in [2.45, 2.75) is 36.7 Å². The minimum Gasteiger partial charge on any atom is -0.396 e. The molecule has 118 valence electrons. The van der Waals surface area contributed by atoms with Gasteiger partial charge in [0.1, 0.15) is 0 Å². The number of nitrogens with zero attached hydrogens (tertiary/aromatic N) is 2. The first-order chi connectivity index (χ1) is 10.2. The molecular formula is C17H28N2OS. The highest BCUT2D eigenvalue weighted by Crippen LogP contribution is 2.19. The topological polar surface area (TPSA) is 26.7 Å². The Balaban J connectivity index is 1.75. The first-order valence-corrected chi connectivity index (χ1v) is 9.12. The van der Waals surface area contributed by atoms with Crippen molar-refractivity contribution in [1.82, 2.24) is 9.80 Å². The van der Waals surface area contributed by atoms with E-state index in [-0.39, 0.29) is 0 Å². The Morgan fingerprint density at radius 2 is 1.90 bits per heavy atom. The Morgan fingerprint density at radius 3 is 2.48 bits per heavy atom. The van der Waals surface area contributed by atoms with Gasteiger partial charge in [0.15, 0.2) is 0 Å². The van der Waals surface area contributed by atoms with Crippen LogP contribution >= 0.6 is 11.8 Å². The van der Waals surface area contributed by atoms with Gasteiger partial charge in [0, 0.05) is 30.6 Å². The first-order valence-electron chi connectivity index (χ1n) is 7.89. The molecule has 2 rings (SSSR count). The lowest BCUT2D eigenvalue weighted by molar-refractivity contribution is 0.117. The first kappa shape index (κ1) is 16.8. The molecule has 0 aliphatic carbocycles. The highest BCUT2D eigenvalue weighted by atomic mass is 32.2. The maximum atomic E-state index is 8.92. The fraction of sp³-hybridized carbons (Fsp3) is 0.647. The molecule has 1 aliphatic heterocycles. The molecular weight excluding hydrogens is 280 g/mol. The third kappa shape index (κ3) is 5.29. The normalized spacial score (nSPS) is 17.5. The fourth-order valence-electron chi connectivity index (χ4n) is 3.01. The van der Waals surface area contributed by atoms with E-state index < -0.39 is 0 Å². The zero-order valence-corrected chi connectivity index (χ0v) is 14.1. The van der Waals surface area contributed by atoms with E-state index in [1.807, 2.05) is 0 Å². The molecule has 0 aromatic heterocycles. The number of likely N-dealkylation sites (tertiary alicyclic amines) is 1. The molecule has 1 aromatic carbocycles. The van der Waals surface area contributed by atoms with Gasteiger partial charge in [-0.3, -0.25) is 4.90 Å². The maximum absolute atomic E-state index is 8.92. The largest absolute Gasteiger partial charge is 0.396 e. The number of rotatable bonds is 7. The predicted octanol–water partition coefficient (Wildman–Crippen LogP) is 2.69. The predicted molar refractivity (Wildman–Crippen MR) is 90.9 cm³/mol. The highest BCUT2D eigenvalue weighted by Gasteiger charge is 2.21. The van der Waals surface area contributed by atoms with Crippen LogP contribution in [0.2, 0.25) is 0 Å². The summed E-state index contributed by atoms with van der Waals surface area (Å²) >= 11 is 1.80. The number of aliphatic hydroxyl groups excluding tert-OH is 1. The summed E-state index contributed by atoms with van der Waals surface area (Å²) in [6.45, 7) is 4.74. The molecule has 1 aromatic rings. The molecule has 1 N–H and O–H groups in total. The number of benzene rings is 1. The lowest BCUT2D eigenvalue weighted by atomic mass is 10.0. The number of piperidine rings is 1. The van der Waals surface area contributed by atoms with Gasteiger partial charge in [-0.25, -0.2) is 0 Å². The van der Waals surface area contributed by atoms with Crippen LogP contribution < -0.4 is 0 Å². The molecule has 0 bridgehead atoms. The summed E-state index contributed by atoms with van der Waals surface area (Å²) < 4.78 is 0. The zero-order chi connectivity index (χ0) is 15.1. The van der Waals surface area contributed by atoms with E-state index in [9.17, 15) is 0 Å². The third-order valence-electron chi connectivity index (χ3n) is 4.41. The lowest BCUT2D eigenvalue weighted by Gasteiger charge is -2.36. The Labute approximate surface area is 133 Å². The average molecular weight is 308 g/mol. The molecule has 1 aliphatic rings. The smallest absolute Gasteiger partial charge is 0.0443 e. The summed E-state index contributed by atoms with van der Waals surface area (Å²) in [5, 5.41) is 8.92. The van der Waals surface area contributed by atoms with Crippen LogP contribution in [0, 0.1) is 0 Å². The molecule has 3 nitrogen and oxygen atoms in total. The summed E-state index contributed by atoms with van der Waals surface area (Å²) in [4.78, 5) is 6.31. The van der Waals surface area contributed by atoms with Crippen LogP contribution in [0.25, 0.3) is 0 Å². The molecule has 0 amide bonds. The van der Waals surface area contributed by atoms with Gasteiger partial charge in [0.2, 0.25) is 0 Å². The Hall–Kier alpha value is -0.550. The highest BCUT2D eigenvalue weighted by molar-refractivity contribution is 7.98. The molecule has 21 heavy (non-hydrogen) atoms. The fourth-order valence-corrected chi connectivity index (χ4v) is 3.42. The van der Waals surface area contributed by atoms with Crippen molar-refractivity contribution in [2.75, 3.05) is 39.5 Å². The van der Waals surface area contributed by atoms with E-state index in [1.54, 1.807) is 11.8 Å². The van der Waals surface area contributed by atoms with Crippen LogP contribution in [-0.4, -0.2) is 60.5 Å². The average Bonchev–Trinajstić information content (AvgIpc) is 2.54. The molecule has 0 unspecified atom stereocenters. The van der Waals surface area contributed by atoms with Gasteiger partial charge in [0.25, 0.3) is 0 Å². The zero-order valence-electron chi connectivity index (χ0n) is 13.3. The van der Waals surface area contributed by atoms with Crippen molar-refractivity contribution < 1.29 is 5.11 Å². The van der Waals surface area contributed by atoms with Crippen molar-refractivity contribution in [1.29, 1.82) is 0 Å². The number of hydrogen-bond donors (Lipinski definition) is 1. The summed E-state index contributed by atoms with van der Waals surface area (Å²) in [6.07, 6.45) is 5.49. The Morgan fingerprint density at radius 1 is 1.24 bits per heavy atom. The van der Waals surface area contributed by atoms with Crippen molar-refractivity contribution in [3.05, 3.63) is 29.8 Å². The molecule has 0 spiro atoms. The van der Waals surface area contributed by atoms with Gasteiger partial charge in [0.05, 0.1) is 0 Å². The SMILES string of the molecule is CSc1ccc(CN2CCC(N(C)CCCO)CC2)cc1. The van der Waals surface area contributed by atoms with E-state index in [4.69, 9.17) is 5.11 Å². The minimum atomic E-state index is 0.301. The second-order valence-corrected chi connectivity index (χ2v) is 6.79. The van der Waals surface area contributed by atoms with E-state index in [2.05, 4.69) is 47.4 Å². The van der Waals surface area contributed by atoms with E-state index in [0.29, 0.717) is 12.6 Å². The summed E-state index contributed by atoms with van der Waals surface area (Å²) in [5.41, 5.74) is 1.42. The van der Waals surface area contributed by atoms with Gasteiger partial charge >= 0.3 is 0 Å². The standard InChI is InChI=1S/C17H28N2OS/c1-18(10-3-13-20)16-8-11-19(12-9-16)14-15-4-6-17(21-2)7-5-15/h4-7,16,20H,3,8-14H2,1-2H3. The summed E-state index contributed by atoms with van der Waals surface area (Å²) in [7, 11) is 2.19. The van der Waals surface area contributed by atoms with Gasteiger partial charge in [-0.2, -0.15) is 0 Å². The van der Waals surface area contributed by atoms with E-state index >= 15 is 0 Å². The third-order valence-corrected chi connectivity index (χ3v) is 5.16. The molecule has 4 heteroatoms. The van der Waals surface area contributed by atoms with Crippen LogP contribution in [0.5, 0.6) is 0 Å². The van der Waals surface area contributed by atoms with E-state index in [0.717, 1.165) is 19.5 Å². The van der Waals surface area contributed by atoms with Gasteiger partial charge in [-0.15, -0.1) is 11.8 Å². The van der Waals surface area contributed by atoms with E-state index in [1.165, 1.54) is 36.4 Å². The van der Waals surface area contributed by atoms with Crippen LogP contribution in [0.1, 0.15) is 24.8 Å². The summed E-state index contributed by atoms with van der Waals surface area (Å²) in [5.74, 6) is 0. The van der Waals surface area contributed by atoms with Crippen LogP contribution in [0.15, 0.2) is 29.2 Å². The van der Waals surface area contributed by atoms with Crippen LogP contribution in [-0.2, 0) is 6.54 Å². The molecule has 0 saturated carbocycles. The molecule has 1 fully saturated rings. The molecule has 1 heterocycles. The van der Waals surface area contributed by atoms with Gasteiger partial charge in [-0.05, 0) is 63.4 Å². The monoisotopic (exact) mass is 308 g/mol. The minimum absolute atomic E-state index is 0.301. The van der Waals surface area contributed by atoms with Crippen molar-refractivity contribution in [3.8, 4) is 0 Å². The number of aliphatic hydroxyl groups is 1. The van der Waals surface area contributed by atoms with Crippen LogP contribution in [0.3, 0.4) is 0 Å².